The average molecular weight is 314 g/mol. The lowest BCUT2D eigenvalue weighted by Crippen LogP contribution is -2.10. The fraction of sp³-hybridized carbons (Fsp3) is 0.182. The Bertz CT molecular complexity index is 1010. The van der Waals surface area contributed by atoms with Crippen LogP contribution < -0.4 is 4.74 Å². The van der Waals surface area contributed by atoms with Crippen molar-refractivity contribution in [3.8, 4) is 16.9 Å². The molecule has 2 aliphatic rings. The van der Waals surface area contributed by atoms with Crippen LogP contribution in [0.25, 0.3) is 27.5 Å². The van der Waals surface area contributed by atoms with Gasteiger partial charge in [0.05, 0.1) is 0 Å². The van der Waals surface area contributed by atoms with Crippen molar-refractivity contribution >= 4 is 16.3 Å². The molecule has 1 aliphatic carbocycles. The van der Waals surface area contributed by atoms with Crippen LogP contribution in [-0.4, -0.2) is 13.7 Å². The Morgan fingerprint density at radius 2 is 1.71 bits per heavy atom. The zero-order valence-corrected chi connectivity index (χ0v) is 13.8. The molecule has 0 N–H and O–H groups in total. The summed E-state index contributed by atoms with van der Waals surface area (Å²) in [4.78, 5) is 0. The van der Waals surface area contributed by atoms with E-state index in [1.54, 1.807) is 7.11 Å². The van der Waals surface area contributed by atoms with Gasteiger partial charge in [-0.2, -0.15) is 0 Å². The summed E-state index contributed by atoms with van der Waals surface area (Å²) < 4.78 is 12.0. The van der Waals surface area contributed by atoms with Crippen molar-refractivity contribution in [1.82, 2.24) is 0 Å². The molecule has 0 bridgehead atoms. The standard InChI is InChI=1S/C22H18O2/c1-13-11-12-24-22-17-10-6-4-8-15(17)19-14-7-3-5-9-16(14)21(23-2)20(19)18(13)22/h3-11,21H,12H2,1-2H3. The summed E-state index contributed by atoms with van der Waals surface area (Å²) >= 11 is 0. The lowest BCUT2D eigenvalue weighted by molar-refractivity contribution is 0.139. The monoisotopic (exact) mass is 314 g/mol. The third-order valence-corrected chi connectivity index (χ3v) is 5.23. The second-order valence-electron chi connectivity index (χ2n) is 6.44. The van der Waals surface area contributed by atoms with Crippen molar-refractivity contribution in [3.05, 3.63) is 71.3 Å². The summed E-state index contributed by atoms with van der Waals surface area (Å²) in [7, 11) is 1.79. The predicted octanol–water partition coefficient (Wildman–Crippen LogP) is 5.35. The summed E-state index contributed by atoms with van der Waals surface area (Å²) in [6, 6.07) is 17.1. The Hall–Kier alpha value is -2.58. The molecule has 0 saturated heterocycles. The molecule has 1 aliphatic heterocycles. The van der Waals surface area contributed by atoms with Crippen LogP contribution in [0.5, 0.6) is 5.75 Å². The number of hydrogen-bond acceptors (Lipinski definition) is 2. The summed E-state index contributed by atoms with van der Waals surface area (Å²) in [6.07, 6.45) is 2.12. The highest BCUT2D eigenvalue weighted by Crippen LogP contribution is 2.54. The molecule has 0 radical (unpaired) electrons. The molecule has 0 spiro atoms. The van der Waals surface area contributed by atoms with Gasteiger partial charge in [-0.1, -0.05) is 48.5 Å². The molecule has 118 valence electrons. The van der Waals surface area contributed by atoms with Crippen molar-refractivity contribution in [1.29, 1.82) is 0 Å². The Morgan fingerprint density at radius 3 is 2.54 bits per heavy atom. The van der Waals surface area contributed by atoms with Crippen LogP contribution in [0.3, 0.4) is 0 Å². The maximum absolute atomic E-state index is 6.09. The Labute approximate surface area is 141 Å². The number of allylic oxidation sites excluding steroid dienone is 1. The van der Waals surface area contributed by atoms with Crippen LogP contribution in [0.2, 0.25) is 0 Å². The summed E-state index contributed by atoms with van der Waals surface area (Å²) in [6.45, 7) is 2.80. The lowest BCUT2D eigenvalue weighted by atomic mass is 9.88. The number of ether oxygens (including phenoxy) is 2. The van der Waals surface area contributed by atoms with Gasteiger partial charge < -0.3 is 9.47 Å². The third-order valence-electron chi connectivity index (χ3n) is 5.23. The number of fused-ring (bicyclic) bond motifs is 8. The highest BCUT2D eigenvalue weighted by atomic mass is 16.5. The largest absolute Gasteiger partial charge is 0.488 e. The highest BCUT2D eigenvalue weighted by Gasteiger charge is 2.35. The molecule has 0 saturated carbocycles. The normalized spacial score (nSPS) is 17.8. The Morgan fingerprint density at radius 1 is 0.958 bits per heavy atom. The van der Waals surface area contributed by atoms with Gasteiger partial charge in [-0.15, -0.1) is 0 Å². The summed E-state index contributed by atoms with van der Waals surface area (Å²) in [5, 5.41) is 2.43. The zero-order valence-electron chi connectivity index (χ0n) is 13.8. The second-order valence-corrected chi connectivity index (χ2v) is 6.44. The van der Waals surface area contributed by atoms with Gasteiger partial charge in [-0.25, -0.2) is 0 Å². The molecule has 0 amide bonds. The molecule has 24 heavy (non-hydrogen) atoms. The van der Waals surface area contributed by atoms with E-state index in [0.29, 0.717) is 6.61 Å². The molecule has 5 rings (SSSR count). The lowest BCUT2D eigenvalue weighted by Gasteiger charge is -2.25. The molecule has 1 atom stereocenters. The third kappa shape index (κ3) is 1.64. The van der Waals surface area contributed by atoms with Crippen molar-refractivity contribution in [2.75, 3.05) is 13.7 Å². The molecule has 1 heterocycles. The molecular weight excluding hydrogens is 296 g/mol. The molecule has 0 fully saturated rings. The van der Waals surface area contributed by atoms with E-state index in [1.165, 1.54) is 44.2 Å². The van der Waals surface area contributed by atoms with E-state index in [2.05, 4.69) is 61.5 Å². The summed E-state index contributed by atoms with van der Waals surface area (Å²) in [5.74, 6) is 0.999. The van der Waals surface area contributed by atoms with Crippen molar-refractivity contribution in [3.63, 3.8) is 0 Å². The molecular formula is C22H18O2. The van der Waals surface area contributed by atoms with Crippen LogP contribution >= 0.6 is 0 Å². The van der Waals surface area contributed by atoms with Gasteiger partial charge in [0.15, 0.2) is 0 Å². The first-order valence-electron chi connectivity index (χ1n) is 8.32. The number of rotatable bonds is 1. The zero-order chi connectivity index (χ0) is 16.3. The minimum absolute atomic E-state index is 0.0420. The van der Waals surface area contributed by atoms with E-state index in [-0.39, 0.29) is 6.10 Å². The highest BCUT2D eigenvalue weighted by molar-refractivity contribution is 6.08. The average Bonchev–Trinajstić information content (AvgIpc) is 2.96. The van der Waals surface area contributed by atoms with Gasteiger partial charge in [-0.3, -0.25) is 0 Å². The van der Waals surface area contributed by atoms with E-state index in [0.717, 1.165) is 5.75 Å². The number of hydrogen-bond donors (Lipinski definition) is 0. The van der Waals surface area contributed by atoms with Crippen molar-refractivity contribution < 1.29 is 9.47 Å². The van der Waals surface area contributed by atoms with E-state index in [4.69, 9.17) is 9.47 Å². The number of benzene rings is 3. The second kappa shape index (κ2) is 4.96. The fourth-order valence-corrected chi connectivity index (χ4v) is 4.23. The molecule has 3 aromatic rings. The SMILES string of the molecule is COC1c2ccccc2-c2c1c1c(c3ccccc23)OCC=C1C. The molecule has 2 heteroatoms. The van der Waals surface area contributed by atoms with Gasteiger partial charge in [0.2, 0.25) is 0 Å². The minimum atomic E-state index is -0.0420. The van der Waals surface area contributed by atoms with Crippen molar-refractivity contribution in [2.45, 2.75) is 13.0 Å². The van der Waals surface area contributed by atoms with Crippen molar-refractivity contribution in [2.24, 2.45) is 0 Å². The Kier molecular flexibility index (Phi) is 2.85. The van der Waals surface area contributed by atoms with E-state index < -0.39 is 0 Å². The van der Waals surface area contributed by atoms with Crippen LogP contribution in [0.4, 0.5) is 0 Å². The first-order chi connectivity index (χ1) is 11.8. The Balaban J connectivity index is 2.02. The van der Waals surface area contributed by atoms with Crippen LogP contribution in [0.1, 0.15) is 29.7 Å². The van der Waals surface area contributed by atoms with Crippen LogP contribution in [0.15, 0.2) is 54.6 Å². The smallest absolute Gasteiger partial charge is 0.135 e. The molecule has 0 aromatic heterocycles. The quantitative estimate of drug-likeness (QED) is 0.602. The molecule has 1 unspecified atom stereocenters. The van der Waals surface area contributed by atoms with Gasteiger partial charge >= 0.3 is 0 Å². The van der Waals surface area contributed by atoms with Gasteiger partial charge in [-0.05, 0) is 40.6 Å². The first-order valence-corrected chi connectivity index (χ1v) is 8.32. The van der Waals surface area contributed by atoms with Gasteiger partial charge in [0, 0.05) is 23.6 Å². The predicted molar refractivity (Wildman–Crippen MR) is 97.4 cm³/mol. The van der Waals surface area contributed by atoms with Gasteiger partial charge in [0.25, 0.3) is 0 Å². The van der Waals surface area contributed by atoms with E-state index in [1.807, 2.05) is 0 Å². The molecule has 3 aromatic carbocycles. The van der Waals surface area contributed by atoms with E-state index in [9.17, 15) is 0 Å². The minimum Gasteiger partial charge on any atom is -0.488 e. The number of methoxy groups -OCH3 is 1. The maximum Gasteiger partial charge on any atom is 0.135 e. The molecule has 2 nitrogen and oxygen atoms in total. The topological polar surface area (TPSA) is 18.5 Å². The maximum atomic E-state index is 6.09. The summed E-state index contributed by atoms with van der Waals surface area (Å²) in [5.41, 5.74) is 7.54. The van der Waals surface area contributed by atoms with E-state index >= 15 is 0 Å². The fourth-order valence-electron chi connectivity index (χ4n) is 4.23. The van der Waals surface area contributed by atoms with Crippen LogP contribution in [0, 0.1) is 0 Å². The van der Waals surface area contributed by atoms with Crippen LogP contribution in [-0.2, 0) is 4.74 Å². The van der Waals surface area contributed by atoms with Gasteiger partial charge in [0.1, 0.15) is 18.5 Å². The first kappa shape index (κ1) is 13.8.